The van der Waals surface area contributed by atoms with Gasteiger partial charge < -0.3 is 9.64 Å². The van der Waals surface area contributed by atoms with Gasteiger partial charge in [-0.1, -0.05) is 12.1 Å². The Kier molecular flexibility index (Phi) is 4.51. The van der Waals surface area contributed by atoms with E-state index in [0.29, 0.717) is 12.6 Å². The molecule has 5 nitrogen and oxygen atoms in total. The first-order valence-electron chi connectivity index (χ1n) is 7.95. The molecule has 0 fully saturated rings. The molecule has 2 heterocycles. The van der Waals surface area contributed by atoms with Crippen molar-refractivity contribution in [3.05, 3.63) is 51.9 Å². The fraction of sp³-hybridized carbons (Fsp3) is 0.412. The summed E-state index contributed by atoms with van der Waals surface area (Å²) >= 11 is 0. The second-order valence-corrected chi connectivity index (χ2v) is 5.81. The summed E-state index contributed by atoms with van der Waals surface area (Å²) in [5.41, 5.74) is -0.317. The molecule has 3 rings (SSSR count). The van der Waals surface area contributed by atoms with E-state index in [-0.39, 0.29) is 18.1 Å². The van der Waals surface area contributed by atoms with Gasteiger partial charge >= 0.3 is 5.69 Å². The molecule has 0 saturated heterocycles. The summed E-state index contributed by atoms with van der Waals surface area (Å²) in [4.78, 5) is 18.2. The predicted octanol–water partition coefficient (Wildman–Crippen LogP) is 2.72. The van der Waals surface area contributed by atoms with E-state index in [0.717, 1.165) is 24.8 Å². The third-order valence-electron chi connectivity index (χ3n) is 4.31. The molecule has 24 heavy (non-hydrogen) atoms. The van der Waals surface area contributed by atoms with Gasteiger partial charge in [-0.05, 0) is 26.3 Å². The van der Waals surface area contributed by atoms with Crippen LogP contribution in [0.15, 0.2) is 29.1 Å². The third kappa shape index (κ3) is 2.98. The van der Waals surface area contributed by atoms with Crippen LogP contribution in [0.5, 0.6) is 5.88 Å². The fourth-order valence-corrected chi connectivity index (χ4v) is 2.98. The van der Waals surface area contributed by atoms with E-state index in [1.165, 1.54) is 12.1 Å². The van der Waals surface area contributed by atoms with Crippen molar-refractivity contribution in [1.29, 1.82) is 0 Å². The first-order valence-corrected chi connectivity index (χ1v) is 7.95. The molecule has 0 N–H and O–H groups in total. The van der Waals surface area contributed by atoms with Gasteiger partial charge in [-0.2, -0.15) is 4.98 Å². The maximum Gasteiger partial charge on any atom is 0.352 e. The molecule has 128 valence electrons. The Balaban J connectivity index is 1.87. The van der Waals surface area contributed by atoms with Crippen LogP contribution >= 0.6 is 0 Å². The second-order valence-electron chi connectivity index (χ2n) is 5.81. The summed E-state index contributed by atoms with van der Waals surface area (Å²) in [6, 6.07) is 5.88. The van der Waals surface area contributed by atoms with Crippen molar-refractivity contribution in [3.63, 3.8) is 0 Å². The zero-order valence-corrected chi connectivity index (χ0v) is 13.6. The van der Waals surface area contributed by atoms with E-state index >= 15 is 0 Å². The summed E-state index contributed by atoms with van der Waals surface area (Å²) in [6.45, 7) is 5.28. The van der Waals surface area contributed by atoms with E-state index in [1.54, 1.807) is 10.6 Å². The number of benzene rings is 1. The standard InChI is InChI=1S/C17H19F2N3O2/c1-3-21-11(2)7-8-22-15(21)9-14(20-17(22)23)24-10-12-5-4-6-13(18)16(12)19/h4-6,9,11H,3,7-8,10H2,1-2H3. The van der Waals surface area contributed by atoms with Crippen molar-refractivity contribution in [1.82, 2.24) is 9.55 Å². The van der Waals surface area contributed by atoms with Gasteiger partial charge in [-0.15, -0.1) is 0 Å². The lowest BCUT2D eigenvalue weighted by Crippen LogP contribution is -2.43. The predicted molar refractivity (Wildman–Crippen MR) is 86.3 cm³/mol. The molecule has 0 spiro atoms. The van der Waals surface area contributed by atoms with Crippen molar-refractivity contribution < 1.29 is 13.5 Å². The van der Waals surface area contributed by atoms with Crippen molar-refractivity contribution in [2.75, 3.05) is 11.4 Å². The number of fused-ring (bicyclic) bond motifs is 1. The Bertz CT molecular complexity index is 807. The molecular weight excluding hydrogens is 316 g/mol. The van der Waals surface area contributed by atoms with Crippen molar-refractivity contribution in [3.8, 4) is 5.88 Å². The molecular formula is C17H19F2N3O2. The molecule has 0 saturated carbocycles. The average Bonchev–Trinajstić information content (AvgIpc) is 2.56. The van der Waals surface area contributed by atoms with Crippen LogP contribution < -0.4 is 15.3 Å². The minimum atomic E-state index is -0.948. The van der Waals surface area contributed by atoms with Crippen LogP contribution in [0.2, 0.25) is 0 Å². The van der Waals surface area contributed by atoms with Gasteiger partial charge in [0.1, 0.15) is 12.4 Å². The highest BCUT2D eigenvalue weighted by molar-refractivity contribution is 5.44. The minimum absolute atomic E-state index is 0.0790. The smallest absolute Gasteiger partial charge is 0.352 e. The van der Waals surface area contributed by atoms with Gasteiger partial charge in [-0.25, -0.2) is 13.6 Å². The maximum atomic E-state index is 13.7. The first-order chi connectivity index (χ1) is 11.5. The normalized spacial score (nSPS) is 16.8. The van der Waals surface area contributed by atoms with E-state index in [9.17, 15) is 13.6 Å². The van der Waals surface area contributed by atoms with Crippen LogP contribution in [0.3, 0.4) is 0 Å². The molecule has 0 bridgehead atoms. The Labute approximate surface area is 138 Å². The van der Waals surface area contributed by atoms with Crippen LogP contribution in [0, 0.1) is 11.6 Å². The largest absolute Gasteiger partial charge is 0.472 e. The molecule has 1 aromatic heterocycles. The number of rotatable bonds is 4. The van der Waals surface area contributed by atoms with Crippen LogP contribution in [-0.4, -0.2) is 22.1 Å². The van der Waals surface area contributed by atoms with Crippen molar-refractivity contribution in [2.24, 2.45) is 0 Å². The number of halogens is 2. The van der Waals surface area contributed by atoms with Crippen LogP contribution in [0.25, 0.3) is 0 Å². The quantitative estimate of drug-likeness (QED) is 0.862. The number of ether oxygens (including phenoxy) is 1. The molecule has 1 unspecified atom stereocenters. The van der Waals surface area contributed by atoms with Gasteiger partial charge in [-0.3, -0.25) is 4.57 Å². The molecule has 1 aromatic carbocycles. The van der Waals surface area contributed by atoms with Gasteiger partial charge in [0.25, 0.3) is 0 Å². The third-order valence-corrected chi connectivity index (χ3v) is 4.31. The summed E-state index contributed by atoms with van der Waals surface area (Å²) in [5.74, 6) is -1.02. The fourth-order valence-electron chi connectivity index (χ4n) is 2.98. The van der Waals surface area contributed by atoms with Gasteiger partial charge in [0.15, 0.2) is 11.6 Å². The SMILES string of the molecule is CCN1c2cc(OCc3cccc(F)c3F)nc(=O)n2CCC1C. The number of hydrogen-bond acceptors (Lipinski definition) is 4. The summed E-state index contributed by atoms with van der Waals surface area (Å²) < 4.78 is 34.0. The highest BCUT2D eigenvalue weighted by Crippen LogP contribution is 2.26. The molecule has 0 radical (unpaired) electrons. The van der Waals surface area contributed by atoms with Crippen molar-refractivity contribution in [2.45, 2.75) is 39.5 Å². The second kappa shape index (κ2) is 6.59. The minimum Gasteiger partial charge on any atom is -0.472 e. The number of hydrogen-bond donors (Lipinski definition) is 0. The topological polar surface area (TPSA) is 47.4 Å². The summed E-state index contributed by atoms with van der Waals surface area (Å²) in [7, 11) is 0. The number of anilines is 1. The monoisotopic (exact) mass is 335 g/mol. The maximum absolute atomic E-state index is 13.7. The van der Waals surface area contributed by atoms with Crippen LogP contribution in [0.4, 0.5) is 14.6 Å². The Morgan fingerprint density at radius 1 is 1.38 bits per heavy atom. The van der Waals surface area contributed by atoms with Crippen molar-refractivity contribution >= 4 is 5.82 Å². The highest BCUT2D eigenvalue weighted by atomic mass is 19.2. The highest BCUT2D eigenvalue weighted by Gasteiger charge is 2.24. The van der Waals surface area contributed by atoms with Crippen LogP contribution in [0.1, 0.15) is 25.8 Å². The zero-order chi connectivity index (χ0) is 17.3. The Morgan fingerprint density at radius 2 is 2.17 bits per heavy atom. The lowest BCUT2D eigenvalue weighted by Gasteiger charge is -2.36. The van der Waals surface area contributed by atoms with Gasteiger partial charge in [0.05, 0.1) is 0 Å². The molecule has 7 heteroatoms. The number of aromatic nitrogens is 2. The first kappa shape index (κ1) is 16.4. The molecule has 1 atom stereocenters. The molecule has 2 aromatic rings. The lowest BCUT2D eigenvalue weighted by molar-refractivity contribution is 0.282. The molecule has 0 amide bonds. The van der Waals surface area contributed by atoms with E-state index in [2.05, 4.69) is 16.8 Å². The van der Waals surface area contributed by atoms with Crippen LogP contribution in [-0.2, 0) is 13.2 Å². The van der Waals surface area contributed by atoms with E-state index < -0.39 is 17.3 Å². The zero-order valence-electron chi connectivity index (χ0n) is 13.6. The Hall–Kier alpha value is -2.44. The average molecular weight is 335 g/mol. The molecule has 1 aliphatic heterocycles. The van der Waals surface area contributed by atoms with Gasteiger partial charge in [0, 0.05) is 30.8 Å². The summed E-state index contributed by atoms with van der Waals surface area (Å²) in [6.07, 6.45) is 0.872. The lowest BCUT2D eigenvalue weighted by atomic mass is 10.1. The van der Waals surface area contributed by atoms with E-state index in [4.69, 9.17) is 4.74 Å². The molecule has 0 aliphatic carbocycles. The Morgan fingerprint density at radius 3 is 2.92 bits per heavy atom. The molecule has 1 aliphatic rings. The van der Waals surface area contributed by atoms with E-state index in [1.807, 2.05) is 6.92 Å². The summed E-state index contributed by atoms with van der Waals surface area (Å²) in [5, 5.41) is 0. The van der Waals surface area contributed by atoms with Gasteiger partial charge in [0.2, 0.25) is 5.88 Å². The number of nitrogens with zero attached hydrogens (tertiary/aromatic N) is 3.